The van der Waals surface area contributed by atoms with Crippen molar-refractivity contribution in [1.82, 2.24) is 5.32 Å². The van der Waals surface area contributed by atoms with Crippen LogP contribution in [0.5, 0.6) is 0 Å². The average Bonchev–Trinajstić information content (AvgIpc) is 3.15. The zero-order valence-corrected chi connectivity index (χ0v) is 35.1. The van der Waals surface area contributed by atoms with E-state index in [1.807, 2.05) is 6.08 Å². The zero-order chi connectivity index (χ0) is 37.8. The molecule has 52 heavy (non-hydrogen) atoms. The van der Waals surface area contributed by atoms with E-state index in [2.05, 4.69) is 43.5 Å². The largest absolute Gasteiger partial charge is 0.394 e. The number of rotatable bonds is 42. The second-order valence-electron chi connectivity index (χ2n) is 15.8. The number of carbonyl (C=O) groups excluding carboxylic acids is 1. The van der Waals surface area contributed by atoms with E-state index in [9.17, 15) is 15.0 Å². The number of hydrogen-bond acceptors (Lipinski definition) is 3. The van der Waals surface area contributed by atoms with Crippen molar-refractivity contribution in [2.24, 2.45) is 0 Å². The molecule has 0 aliphatic rings. The van der Waals surface area contributed by atoms with Crippen molar-refractivity contribution >= 4 is 5.91 Å². The van der Waals surface area contributed by atoms with Crippen LogP contribution in [0.3, 0.4) is 0 Å². The first-order valence-electron chi connectivity index (χ1n) is 23.2. The van der Waals surface area contributed by atoms with E-state index >= 15 is 0 Å². The first-order valence-corrected chi connectivity index (χ1v) is 23.2. The molecule has 4 heteroatoms. The molecule has 0 aromatic heterocycles. The van der Waals surface area contributed by atoms with E-state index in [1.165, 1.54) is 193 Å². The average molecular weight is 730 g/mol. The second-order valence-corrected chi connectivity index (χ2v) is 15.8. The predicted octanol–water partition coefficient (Wildman–Crippen LogP) is 14.6. The van der Waals surface area contributed by atoms with E-state index in [0.29, 0.717) is 6.42 Å². The minimum Gasteiger partial charge on any atom is -0.394 e. The van der Waals surface area contributed by atoms with Gasteiger partial charge in [-0.25, -0.2) is 0 Å². The van der Waals surface area contributed by atoms with E-state index < -0.39 is 12.1 Å². The van der Waals surface area contributed by atoms with Crippen LogP contribution in [0.1, 0.15) is 245 Å². The lowest BCUT2D eigenvalue weighted by Crippen LogP contribution is -2.45. The van der Waals surface area contributed by atoms with Gasteiger partial charge in [-0.2, -0.15) is 0 Å². The zero-order valence-electron chi connectivity index (χ0n) is 35.1. The highest BCUT2D eigenvalue weighted by Crippen LogP contribution is 2.15. The first-order chi connectivity index (χ1) is 25.7. The van der Waals surface area contributed by atoms with Gasteiger partial charge in [0.25, 0.3) is 0 Å². The van der Waals surface area contributed by atoms with Gasteiger partial charge in [0.1, 0.15) is 0 Å². The van der Waals surface area contributed by atoms with Gasteiger partial charge in [0.2, 0.25) is 5.91 Å². The molecule has 306 valence electrons. The smallest absolute Gasteiger partial charge is 0.220 e. The maximum absolute atomic E-state index is 12.4. The van der Waals surface area contributed by atoms with E-state index in [4.69, 9.17) is 0 Å². The van der Waals surface area contributed by atoms with Gasteiger partial charge in [0.05, 0.1) is 18.8 Å². The van der Waals surface area contributed by atoms with Crippen molar-refractivity contribution in [1.29, 1.82) is 0 Å². The molecule has 2 atom stereocenters. The highest BCUT2D eigenvalue weighted by Gasteiger charge is 2.17. The minimum atomic E-state index is -0.862. The van der Waals surface area contributed by atoms with Crippen molar-refractivity contribution in [3.63, 3.8) is 0 Å². The Bertz CT molecular complexity index is 790. The van der Waals surface area contributed by atoms with Crippen molar-refractivity contribution < 1.29 is 15.0 Å². The number of unbranched alkanes of at least 4 members (excludes halogenated alkanes) is 31. The molecule has 0 bridgehead atoms. The summed E-state index contributed by atoms with van der Waals surface area (Å²) in [5.41, 5.74) is 0. The topological polar surface area (TPSA) is 69.6 Å². The molecular weight excluding hydrogens is 639 g/mol. The molecule has 0 rings (SSSR count). The minimum absolute atomic E-state index is 0.0757. The summed E-state index contributed by atoms with van der Waals surface area (Å²) in [5, 5.41) is 23.0. The molecule has 0 saturated heterocycles. The van der Waals surface area contributed by atoms with Crippen LogP contribution in [0.25, 0.3) is 0 Å². The third kappa shape index (κ3) is 39.8. The molecule has 0 aromatic rings. The molecule has 0 heterocycles. The number of aliphatic hydroxyl groups excluding tert-OH is 2. The van der Waals surface area contributed by atoms with Crippen molar-refractivity contribution in [2.75, 3.05) is 6.61 Å². The molecule has 1 amide bonds. The lowest BCUT2D eigenvalue weighted by Gasteiger charge is -2.19. The molecule has 0 saturated carbocycles. The number of nitrogens with one attached hydrogen (secondary N) is 1. The lowest BCUT2D eigenvalue weighted by atomic mass is 10.0. The van der Waals surface area contributed by atoms with E-state index in [1.54, 1.807) is 6.08 Å². The third-order valence-electron chi connectivity index (χ3n) is 10.6. The Morgan fingerprint density at radius 2 is 0.750 bits per heavy atom. The van der Waals surface area contributed by atoms with Crippen LogP contribution < -0.4 is 5.32 Å². The summed E-state index contributed by atoms with van der Waals surface area (Å²) < 4.78 is 0. The summed E-state index contributed by atoms with van der Waals surface area (Å²) in [7, 11) is 0. The van der Waals surface area contributed by atoms with Crippen LogP contribution >= 0.6 is 0 Å². The van der Waals surface area contributed by atoms with Crippen LogP contribution in [0.15, 0.2) is 36.5 Å². The summed E-state index contributed by atoms with van der Waals surface area (Å²) in [6.45, 7) is 4.31. The fourth-order valence-corrected chi connectivity index (χ4v) is 7.01. The standard InChI is InChI=1S/C48H91NO3/c1-3-5-7-9-11-13-15-17-19-21-22-23-24-25-26-27-28-30-32-34-36-38-40-42-44-48(52)49-46(45-50)47(51)43-41-39-37-35-33-31-29-20-18-16-14-12-10-8-6-4-2/h25-26,33,35,41,43,46-47,50-51H,3-24,27-32,34,36-40,42,44-45H2,1-2H3,(H,49,52)/b26-25-,35-33+,43-41+. The SMILES string of the molecule is CCCCCCCCCCCC/C=C/CC/C=C/C(O)C(CO)NC(=O)CCCCCCCCCC/C=C\CCCCCCCCCCCCCC. The van der Waals surface area contributed by atoms with Crippen LogP contribution in [0.4, 0.5) is 0 Å². The Hall–Kier alpha value is -1.39. The Morgan fingerprint density at radius 1 is 0.442 bits per heavy atom. The molecule has 0 aliphatic heterocycles. The molecule has 0 fully saturated rings. The lowest BCUT2D eigenvalue weighted by molar-refractivity contribution is -0.123. The fraction of sp³-hybridized carbons (Fsp3) is 0.854. The van der Waals surface area contributed by atoms with E-state index in [-0.39, 0.29) is 12.5 Å². The molecule has 2 unspecified atom stereocenters. The second kappa shape index (κ2) is 44.0. The number of aliphatic hydroxyl groups is 2. The Kier molecular flexibility index (Phi) is 42.8. The summed E-state index contributed by atoms with van der Waals surface area (Å²) in [6, 6.07) is -0.639. The summed E-state index contributed by atoms with van der Waals surface area (Å²) in [6.07, 6.45) is 58.4. The van der Waals surface area contributed by atoms with Crippen molar-refractivity contribution in [3.05, 3.63) is 36.5 Å². The predicted molar refractivity (Wildman–Crippen MR) is 230 cm³/mol. The maximum Gasteiger partial charge on any atom is 0.220 e. The van der Waals surface area contributed by atoms with Crippen LogP contribution in [-0.4, -0.2) is 34.9 Å². The third-order valence-corrected chi connectivity index (χ3v) is 10.6. The van der Waals surface area contributed by atoms with Gasteiger partial charge in [-0.05, 0) is 57.8 Å². The summed E-state index contributed by atoms with van der Waals surface area (Å²) in [4.78, 5) is 12.4. The normalized spacial score (nSPS) is 13.2. The summed E-state index contributed by atoms with van der Waals surface area (Å²) >= 11 is 0. The van der Waals surface area contributed by atoms with Crippen LogP contribution in [0, 0.1) is 0 Å². The number of carbonyl (C=O) groups is 1. The van der Waals surface area contributed by atoms with Crippen LogP contribution in [0.2, 0.25) is 0 Å². The Balaban J connectivity index is 3.57. The molecule has 0 spiro atoms. The Labute approximate surface area is 325 Å². The fourth-order valence-electron chi connectivity index (χ4n) is 7.01. The number of amides is 1. The number of allylic oxidation sites excluding steroid dienone is 5. The summed E-state index contributed by atoms with van der Waals surface area (Å²) in [5.74, 6) is -0.0757. The molecule has 0 radical (unpaired) electrons. The quantitative estimate of drug-likeness (QED) is 0.0433. The molecule has 4 nitrogen and oxygen atoms in total. The highest BCUT2D eigenvalue weighted by molar-refractivity contribution is 5.76. The first kappa shape index (κ1) is 50.6. The van der Waals surface area contributed by atoms with Gasteiger partial charge in [0, 0.05) is 6.42 Å². The molecule has 0 aromatic carbocycles. The number of hydrogen-bond donors (Lipinski definition) is 3. The van der Waals surface area contributed by atoms with Crippen LogP contribution in [-0.2, 0) is 4.79 Å². The van der Waals surface area contributed by atoms with Gasteiger partial charge in [-0.3, -0.25) is 4.79 Å². The van der Waals surface area contributed by atoms with Gasteiger partial charge < -0.3 is 15.5 Å². The molecular formula is C48H91NO3. The maximum atomic E-state index is 12.4. The molecule has 3 N–H and O–H groups in total. The van der Waals surface area contributed by atoms with Crippen molar-refractivity contribution in [3.8, 4) is 0 Å². The van der Waals surface area contributed by atoms with Gasteiger partial charge in [-0.1, -0.05) is 217 Å². The monoisotopic (exact) mass is 730 g/mol. The Morgan fingerprint density at radius 3 is 1.12 bits per heavy atom. The van der Waals surface area contributed by atoms with Gasteiger partial charge in [0.15, 0.2) is 0 Å². The van der Waals surface area contributed by atoms with Crippen molar-refractivity contribution in [2.45, 2.75) is 257 Å². The van der Waals surface area contributed by atoms with Gasteiger partial charge in [-0.15, -0.1) is 0 Å². The van der Waals surface area contributed by atoms with E-state index in [0.717, 1.165) is 32.1 Å². The van der Waals surface area contributed by atoms with Gasteiger partial charge >= 0.3 is 0 Å². The molecule has 0 aliphatic carbocycles. The highest BCUT2D eigenvalue weighted by atomic mass is 16.3.